The van der Waals surface area contributed by atoms with Gasteiger partial charge in [-0.25, -0.2) is 8.42 Å². The molecule has 5 heteroatoms. The number of hydrogen-bond donors (Lipinski definition) is 0. The van der Waals surface area contributed by atoms with Crippen molar-refractivity contribution in [3.63, 3.8) is 0 Å². The lowest BCUT2D eigenvalue weighted by molar-refractivity contribution is 0.602. The van der Waals surface area contributed by atoms with Gasteiger partial charge in [-0.1, -0.05) is 47.6 Å². The number of hydrogen-bond acceptors (Lipinski definition) is 3. The Hall–Kier alpha value is -1.49. The van der Waals surface area contributed by atoms with Crippen LogP contribution in [0.2, 0.25) is 5.02 Å². The minimum Gasteiger partial charge on any atom is -0.219 e. The molecule has 2 aromatic carbocycles. The van der Waals surface area contributed by atoms with E-state index in [9.17, 15) is 8.42 Å². The molecule has 112 valence electrons. The molecule has 0 saturated carbocycles. The minimum atomic E-state index is -3.51. The van der Waals surface area contributed by atoms with Crippen LogP contribution in [0.5, 0.6) is 0 Å². The predicted molar refractivity (Wildman–Crippen MR) is 92.7 cm³/mol. The molecule has 0 radical (unpaired) electrons. The third kappa shape index (κ3) is 2.86. The maximum atomic E-state index is 12.7. The lowest BCUT2D eigenvalue weighted by Crippen LogP contribution is -2.04. The second-order valence-corrected chi connectivity index (χ2v) is 8.46. The van der Waals surface area contributed by atoms with Gasteiger partial charge in [0.2, 0.25) is 9.84 Å². The van der Waals surface area contributed by atoms with E-state index in [1.165, 1.54) is 23.9 Å². The van der Waals surface area contributed by atoms with E-state index in [1.807, 2.05) is 36.4 Å². The molecule has 1 aliphatic heterocycles. The number of rotatable bonds is 2. The third-order valence-electron chi connectivity index (χ3n) is 3.43. The molecule has 2 aromatic rings. The fourth-order valence-electron chi connectivity index (χ4n) is 2.14. The average molecular weight is 349 g/mol. The van der Waals surface area contributed by atoms with Crippen LogP contribution in [0.1, 0.15) is 12.5 Å². The number of thioether (sulfide) groups is 1. The summed E-state index contributed by atoms with van der Waals surface area (Å²) in [6, 6.07) is 14.2. The zero-order valence-corrected chi connectivity index (χ0v) is 14.2. The van der Waals surface area contributed by atoms with Crippen molar-refractivity contribution in [2.45, 2.75) is 16.7 Å². The SMILES string of the molecule is C/C(=C1/C=Cc2ccccc2S1)S(=O)(=O)c1ccc(Cl)cc1. The van der Waals surface area contributed by atoms with E-state index in [0.717, 1.165) is 15.4 Å². The van der Waals surface area contributed by atoms with Crippen LogP contribution in [0.15, 0.2) is 74.2 Å². The van der Waals surface area contributed by atoms with Crippen LogP contribution in [-0.2, 0) is 9.84 Å². The summed E-state index contributed by atoms with van der Waals surface area (Å²) in [5, 5.41) is 0.519. The average Bonchev–Trinajstić information content (AvgIpc) is 2.54. The van der Waals surface area contributed by atoms with Crippen LogP contribution in [0.25, 0.3) is 6.08 Å². The minimum absolute atomic E-state index is 0.259. The van der Waals surface area contributed by atoms with Crippen LogP contribution in [0, 0.1) is 0 Å². The van der Waals surface area contributed by atoms with Gasteiger partial charge in [0.05, 0.1) is 9.80 Å². The molecule has 0 aromatic heterocycles. The first-order valence-electron chi connectivity index (χ1n) is 6.65. The zero-order chi connectivity index (χ0) is 15.7. The second kappa shape index (κ2) is 5.95. The summed E-state index contributed by atoms with van der Waals surface area (Å²) in [6.45, 7) is 1.64. The molecule has 0 amide bonds. The smallest absolute Gasteiger partial charge is 0.203 e. The van der Waals surface area contributed by atoms with Gasteiger partial charge in [0.1, 0.15) is 0 Å². The number of halogens is 1. The van der Waals surface area contributed by atoms with E-state index in [1.54, 1.807) is 19.1 Å². The monoisotopic (exact) mass is 348 g/mol. The standard InChI is InChI=1S/C17H13ClO2S2/c1-12(22(19,20)15-9-7-14(18)8-10-15)16-11-6-13-4-2-3-5-17(13)21-16/h2-11H,1H3/b16-12+. The lowest BCUT2D eigenvalue weighted by atomic mass is 10.2. The first kappa shape index (κ1) is 15.4. The molecular weight excluding hydrogens is 336 g/mol. The normalized spacial score (nSPS) is 16.3. The van der Waals surface area contributed by atoms with Crippen molar-refractivity contribution in [1.82, 2.24) is 0 Å². The van der Waals surface area contributed by atoms with Gasteiger partial charge in [0.25, 0.3) is 0 Å². The second-order valence-electron chi connectivity index (χ2n) is 4.85. The first-order chi connectivity index (χ1) is 10.5. The molecule has 0 spiro atoms. The van der Waals surface area contributed by atoms with Crippen LogP contribution >= 0.6 is 23.4 Å². The van der Waals surface area contributed by atoms with E-state index in [2.05, 4.69) is 0 Å². The Labute approximate surface area is 139 Å². The molecule has 0 aliphatic carbocycles. The lowest BCUT2D eigenvalue weighted by Gasteiger charge is -2.15. The van der Waals surface area contributed by atoms with Crippen molar-refractivity contribution in [2.24, 2.45) is 0 Å². The Kier molecular flexibility index (Phi) is 4.17. The van der Waals surface area contributed by atoms with Crippen molar-refractivity contribution in [3.05, 3.63) is 75.0 Å². The highest BCUT2D eigenvalue weighted by molar-refractivity contribution is 8.04. The van der Waals surface area contributed by atoms with Crippen molar-refractivity contribution in [1.29, 1.82) is 0 Å². The van der Waals surface area contributed by atoms with Crippen molar-refractivity contribution in [2.75, 3.05) is 0 Å². The van der Waals surface area contributed by atoms with Gasteiger partial charge in [0, 0.05) is 14.8 Å². The largest absolute Gasteiger partial charge is 0.219 e. The first-order valence-corrected chi connectivity index (χ1v) is 9.33. The summed E-state index contributed by atoms with van der Waals surface area (Å²) in [5.74, 6) is 0. The summed E-state index contributed by atoms with van der Waals surface area (Å²) in [7, 11) is -3.51. The molecule has 0 saturated heterocycles. The van der Waals surface area contributed by atoms with Crippen molar-refractivity contribution >= 4 is 39.3 Å². The number of allylic oxidation sites excluding steroid dienone is 2. The van der Waals surface area contributed by atoms with Crippen molar-refractivity contribution in [3.8, 4) is 0 Å². The molecule has 0 fully saturated rings. The van der Waals surface area contributed by atoms with Crippen LogP contribution < -0.4 is 0 Å². The summed E-state index contributed by atoms with van der Waals surface area (Å²) >= 11 is 7.30. The van der Waals surface area contributed by atoms with E-state index in [4.69, 9.17) is 11.6 Å². The molecule has 0 atom stereocenters. The molecular formula is C17H13ClO2S2. The molecule has 1 aliphatic rings. The Morgan fingerprint density at radius 1 is 1.00 bits per heavy atom. The van der Waals surface area contributed by atoms with Gasteiger partial charge in [-0.05, 0) is 48.9 Å². The summed E-state index contributed by atoms with van der Waals surface area (Å²) in [5.41, 5.74) is 1.10. The van der Waals surface area contributed by atoms with E-state index in [-0.39, 0.29) is 4.90 Å². The van der Waals surface area contributed by atoms with Gasteiger partial charge >= 0.3 is 0 Å². The summed E-state index contributed by atoms with van der Waals surface area (Å²) in [6.07, 6.45) is 3.80. The highest BCUT2D eigenvalue weighted by Gasteiger charge is 2.22. The Bertz CT molecular complexity index is 879. The van der Waals surface area contributed by atoms with E-state index >= 15 is 0 Å². The number of benzene rings is 2. The summed E-state index contributed by atoms with van der Waals surface area (Å²) in [4.78, 5) is 2.42. The van der Waals surface area contributed by atoms with Crippen LogP contribution in [0.4, 0.5) is 0 Å². The predicted octanol–water partition coefficient (Wildman–Crippen LogP) is 5.16. The molecule has 3 rings (SSSR count). The maximum absolute atomic E-state index is 12.7. The third-order valence-corrected chi connectivity index (χ3v) is 6.98. The van der Waals surface area contributed by atoms with Crippen LogP contribution in [-0.4, -0.2) is 8.42 Å². The molecule has 1 heterocycles. The molecule has 0 bridgehead atoms. The molecule has 0 unspecified atom stereocenters. The van der Waals surface area contributed by atoms with Gasteiger partial charge in [-0.15, -0.1) is 0 Å². The maximum Gasteiger partial charge on any atom is 0.203 e. The number of fused-ring (bicyclic) bond motifs is 1. The van der Waals surface area contributed by atoms with Crippen LogP contribution in [0.3, 0.4) is 0 Å². The molecule has 0 N–H and O–H groups in total. The topological polar surface area (TPSA) is 34.1 Å². The Morgan fingerprint density at radius 3 is 2.41 bits per heavy atom. The zero-order valence-electron chi connectivity index (χ0n) is 11.8. The fraction of sp³-hybridized carbons (Fsp3) is 0.0588. The van der Waals surface area contributed by atoms with Gasteiger partial charge in [-0.2, -0.15) is 0 Å². The van der Waals surface area contributed by atoms with Gasteiger partial charge in [0.15, 0.2) is 0 Å². The van der Waals surface area contributed by atoms with Gasteiger partial charge < -0.3 is 0 Å². The Morgan fingerprint density at radius 2 is 1.68 bits per heavy atom. The van der Waals surface area contributed by atoms with E-state index < -0.39 is 9.84 Å². The highest BCUT2D eigenvalue weighted by Crippen LogP contribution is 2.39. The number of sulfone groups is 1. The quantitative estimate of drug-likeness (QED) is 0.751. The molecule has 2 nitrogen and oxygen atoms in total. The highest BCUT2D eigenvalue weighted by atomic mass is 35.5. The molecule has 22 heavy (non-hydrogen) atoms. The fourth-order valence-corrected chi connectivity index (χ4v) is 4.82. The van der Waals surface area contributed by atoms with E-state index in [0.29, 0.717) is 9.93 Å². The Balaban J connectivity index is 2.03. The van der Waals surface area contributed by atoms with Gasteiger partial charge in [-0.3, -0.25) is 0 Å². The van der Waals surface area contributed by atoms with Crippen molar-refractivity contribution < 1.29 is 8.42 Å². The summed E-state index contributed by atoms with van der Waals surface area (Å²) < 4.78 is 25.4.